The topological polar surface area (TPSA) is 106 Å². The molecule has 4 rings (SSSR count). The van der Waals surface area contributed by atoms with Gasteiger partial charge in [-0.25, -0.2) is 14.5 Å². The molecule has 1 aromatic carbocycles. The summed E-state index contributed by atoms with van der Waals surface area (Å²) in [7, 11) is 3.35. The summed E-state index contributed by atoms with van der Waals surface area (Å²) in [5.74, 6) is -0.159. The number of hydrogen-bond donors (Lipinski definition) is 0. The van der Waals surface area contributed by atoms with Gasteiger partial charge in [-0.3, -0.25) is 14.6 Å². The quantitative estimate of drug-likeness (QED) is 0.530. The number of benzene rings is 1. The zero-order chi connectivity index (χ0) is 25.8. The highest BCUT2D eigenvalue weighted by molar-refractivity contribution is 5.99. The third-order valence-corrected chi connectivity index (χ3v) is 6.72. The van der Waals surface area contributed by atoms with Gasteiger partial charge in [-0.2, -0.15) is 5.10 Å². The lowest BCUT2D eigenvalue weighted by Crippen LogP contribution is -2.56. The van der Waals surface area contributed by atoms with Crippen molar-refractivity contribution in [3.8, 4) is 11.4 Å². The Bertz CT molecular complexity index is 1110. The molecule has 0 atom stereocenters. The molecule has 0 unspecified atom stereocenters. The van der Waals surface area contributed by atoms with Crippen LogP contribution in [0.5, 0.6) is 5.75 Å². The maximum atomic E-state index is 13.8. The number of hydrogen-bond acceptors (Lipinski definition) is 8. The fourth-order valence-electron chi connectivity index (χ4n) is 4.67. The molecule has 2 aromatic rings. The van der Waals surface area contributed by atoms with Gasteiger partial charge in [-0.15, -0.1) is 0 Å². The fraction of sp³-hybridized carbons (Fsp3) is 0.520. The molecule has 0 spiro atoms. The number of carbonyl (C=O) groups is 3. The number of nitrogens with zero attached hydrogens (tertiary/aromatic N) is 5. The van der Waals surface area contributed by atoms with Gasteiger partial charge in [-0.1, -0.05) is 0 Å². The first-order chi connectivity index (χ1) is 17.3. The van der Waals surface area contributed by atoms with Crippen LogP contribution in [0.25, 0.3) is 5.69 Å². The van der Waals surface area contributed by atoms with Gasteiger partial charge in [0.1, 0.15) is 18.1 Å². The summed E-state index contributed by atoms with van der Waals surface area (Å²) in [6.07, 6.45) is 1.43. The van der Waals surface area contributed by atoms with Crippen LogP contribution in [-0.4, -0.2) is 102 Å². The zero-order valence-electron chi connectivity index (χ0n) is 21.2. The Morgan fingerprint density at radius 2 is 1.86 bits per heavy atom. The van der Waals surface area contributed by atoms with Gasteiger partial charge in [0.2, 0.25) is 0 Å². The van der Waals surface area contributed by atoms with Gasteiger partial charge < -0.3 is 19.1 Å². The highest BCUT2D eigenvalue weighted by atomic mass is 16.5. The molecule has 2 aliphatic heterocycles. The minimum Gasteiger partial charge on any atom is -0.497 e. The Morgan fingerprint density at radius 3 is 2.47 bits per heavy atom. The second kappa shape index (κ2) is 11.1. The minimum atomic E-state index is -0.567. The van der Waals surface area contributed by atoms with Gasteiger partial charge >= 0.3 is 5.97 Å². The van der Waals surface area contributed by atoms with Gasteiger partial charge in [0.05, 0.1) is 32.6 Å². The number of amides is 2. The molecule has 11 nitrogen and oxygen atoms in total. The molecule has 2 aliphatic rings. The van der Waals surface area contributed by atoms with E-state index < -0.39 is 5.97 Å². The van der Waals surface area contributed by atoms with E-state index in [9.17, 15) is 14.4 Å². The molecule has 0 bridgehead atoms. The van der Waals surface area contributed by atoms with E-state index in [-0.39, 0.29) is 36.8 Å². The number of methoxy groups -OCH3 is 1. The summed E-state index contributed by atoms with van der Waals surface area (Å²) < 4.78 is 17.2. The van der Waals surface area contributed by atoms with Crippen LogP contribution in [0.1, 0.15) is 46.3 Å². The normalized spacial score (nSPS) is 17.2. The molecule has 36 heavy (non-hydrogen) atoms. The lowest BCUT2D eigenvalue weighted by Gasteiger charge is -2.43. The molecular weight excluding hydrogens is 466 g/mol. The molecule has 1 aromatic heterocycles. The van der Waals surface area contributed by atoms with Crippen molar-refractivity contribution in [3.63, 3.8) is 0 Å². The minimum absolute atomic E-state index is 0.0189. The van der Waals surface area contributed by atoms with E-state index in [0.717, 1.165) is 0 Å². The van der Waals surface area contributed by atoms with Gasteiger partial charge in [0, 0.05) is 31.7 Å². The molecule has 2 saturated heterocycles. The first-order valence-electron chi connectivity index (χ1n) is 12.2. The number of hydrazine groups is 1. The van der Waals surface area contributed by atoms with Crippen LogP contribution >= 0.6 is 0 Å². The number of esters is 1. The van der Waals surface area contributed by atoms with Crippen LogP contribution < -0.4 is 4.74 Å². The summed E-state index contributed by atoms with van der Waals surface area (Å²) in [6, 6.07) is 7.10. The maximum Gasteiger partial charge on any atom is 0.359 e. The SMILES string of the molecule is CCOC(=O)c1nn(-c2ccc(OC)cc2)c(C(=O)N(C)C2CCN(N3CCOCC3=O)CC2)c1C. The monoisotopic (exact) mass is 499 g/mol. The Kier molecular flexibility index (Phi) is 7.90. The molecule has 3 heterocycles. The molecule has 0 N–H and O–H groups in total. The summed E-state index contributed by atoms with van der Waals surface area (Å²) in [6.45, 7) is 6.17. The smallest absolute Gasteiger partial charge is 0.359 e. The third kappa shape index (κ3) is 5.07. The van der Waals surface area contributed by atoms with E-state index in [1.807, 2.05) is 5.01 Å². The summed E-state index contributed by atoms with van der Waals surface area (Å²) in [4.78, 5) is 40.3. The van der Waals surface area contributed by atoms with E-state index in [1.165, 1.54) is 4.68 Å². The Hall–Kier alpha value is -3.44. The predicted molar refractivity (Wildman–Crippen MR) is 130 cm³/mol. The molecule has 11 heteroatoms. The van der Waals surface area contributed by atoms with E-state index in [1.54, 1.807) is 62.2 Å². The molecule has 2 fully saturated rings. The third-order valence-electron chi connectivity index (χ3n) is 6.72. The van der Waals surface area contributed by atoms with E-state index in [4.69, 9.17) is 14.2 Å². The number of morpholine rings is 1. The Morgan fingerprint density at radius 1 is 1.17 bits per heavy atom. The molecule has 194 valence electrons. The van der Waals surface area contributed by atoms with Crippen molar-refractivity contribution >= 4 is 17.8 Å². The van der Waals surface area contributed by atoms with Crippen LogP contribution in [0.2, 0.25) is 0 Å². The van der Waals surface area contributed by atoms with Crippen molar-refractivity contribution in [1.29, 1.82) is 0 Å². The largest absolute Gasteiger partial charge is 0.497 e. The van der Waals surface area contributed by atoms with Crippen molar-refractivity contribution < 1.29 is 28.6 Å². The number of rotatable bonds is 7. The van der Waals surface area contributed by atoms with Crippen LogP contribution in [-0.2, 0) is 14.3 Å². The summed E-state index contributed by atoms with van der Waals surface area (Å²) >= 11 is 0. The molecule has 0 aliphatic carbocycles. The van der Waals surface area contributed by atoms with Gasteiger partial charge in [0.25, 0.3) is 11.8 Å². The van der Waals surface area contributed by atoms with E-state index in [0.29, 0.717) is 61.8 Å². The Balaban J connectivity index is 1.57. The first kappa shape index (κ1) is 25.6. The lowest BCUT2D eigenvalue weighted by atomic mass is 10.0. The average molecular weight is 500 g/mol. The first-order valence-corrected chi connectivity index (χ1v) is 12.2. The summed E-state index contributed by atoms with van der Waals surface area (Å²) in [5, 5.41) is 8.28. The number of ether oxygens (including phenoxy) is 3. The van der Waals surface area contributed by atoms with Crippen LogP contribution in [0.15, 0.2) is 24.3 Å². The number of piperidine rings is 1. The molecule has 0 saturated carbocycles. The molecule has 2 amide bonds. The van der Waals surface area contributed by atoms with E-state index in [2.05, 4.69) is 5.10 Å². The van der Waals surface area contributed by atoms with Crippen LogP contribution in [0.3, 0.4) is 0 Å². The van der Waals surface area contributed by atoms with Crippen molar-refractivity contribution in [2.24, 2.45) is 0 Å². The second-order valence-electron chi connectivity index (χ2n) is 8.82. The lowest BCUT2D eigenvalue weighted by molar-refractivity contribution is -0.168. The average Bonchev–Trinajstić information content (AvgIpc) is 3.25. The van der Waals surface area contributed by atoms with Gasteiger partial charge in [0.15, 0.2) is 5.69 Å². The Labute approximate surface area is 210 Å². The second-order valence-corrected chi connectivity index (χ2v) is 8.82. The predicted octanol–water partition coefficient (Wildman–Crippen LogP) is 1.68. The van der Waals surface area contributed by atoms with Crippen molar-refractivity contribution in [3.05, 3.63) is 41.2 Å². The maximum absolute atomic E-state index is 13.8. The van der Waals surface area contributed by atoms with Crippen molar-refractivity contribution in [2.75, 3.05) is 53.6 Å². The standard InChI is InChI=1S/C25H33N5O6/c1-5-36-25(33)22-17(2)23(30(26-22)19-6-8-20(34-4)9-7-19)24(32)27(3)18-10-12-28(13-11-18)29-14-15-35-16-21(29)31/h6-9,18H,5,10-16H2,1-4H3. The summed E-state index contributed by atoms with van der Waals surface area (Å²) in [5.41, 5.74) is 1.53. The van der Waals surface area contributed by atoms with Crippen LogP contribution in [0.4, 0.5) is 0 Å². The van der Waals surface area contributed by atoms with Crippen molar-refractivity contribution in [2.45, 2.75) is 32.7 Å². The van der Waals surface area contributed by atoms with Gasteiger partial charge in [-0.05, 0) is 51.0 Å². The van der Waals surface area contributed by atoms with Crippen molar-refractivity contribution in [1.82, 2.24) is 24.7 Å². The zero-order valence-corrected chi connectivity index (χ0v) is 21.2. The molecule has 0 radical (unpaired) electrons. The highest BCUT2D eigenvalue weighted by Gasteiger charge is 2.34. The van der Waals surface area contributed by atoms with E-state index >= 15 is 0 Å². The number of aromatic nitrogens is 2. The number of carbonyl (C=O) groups excluding carboxylic acids is 3. The molecular formula is C25H33N5O6. The van der Waals surface area contributed by atoms with Crippen LogP contribution in [0, 0.1) is 6.92 Å². The highest BCUT2D eigenvalue weighted by Crippen LogP contribution is 2.25. The fourth-order valence-corrected chi connectivity index (χ4v) is 4.67.